The summed E-state index contributed by atoms with van der Waals surface area (Å²) in [5.41, 5.74) is -0.677. The fourth-order valence-corrected chi connectivity index (χ4v) is 5.44. The summed E-state index contributed by atoms with van der Waals surface area (Å²) in [6.45, 7) is 3.97. The number of hydrogen-bond donors (Lipinski definition) is 2. The van der Waals surface area contributed by atoms with Crippen LogP contribution in [-0.4, -0.2) is 59.8 Å². The van der Waals surface area contributed by atoms with E-state index in [2.05, 4.69) is 10.6 Å². The molecule has 0 radical (unpaired) electrons. The Morgan fingerprint density at radius 2 is 1.81 bits per heavy atom. The maximum atomic E-state index is 13.0. The van der Waals surface area contributed by atoms with Gasteiger partial charge in [0.25, 0.3) is 17.5 Å². The van der Waals surface area contributed by atoms with E-state index in [1.807, 2.05) is 11.8 Å². The number of nitro benzene ring substituents is 1. The lowest BCUT2D eigenvalue weighted by atomic mass is 9.90. The number of benzene rings is 2. The standard InChI is InChI=1S/C30H34N4O9/c1-4-33(16-27(35)36)21-9-7-20(8-10-21)32-29(38)24-13-18-5-11-22(15-26(18)43-30(24)39)42-17(2)23-12-6-19(28(37)31-3)14-25(23)34(40)41/h5-6,11-15,17,20-21H,4,7-10,16H2,1-3H3,(H,31,37)(H,32,38)(H,35,36)/p-1. The molecule has 0 spiro atoms. The van der Waals surface area contributed by atoms with Gasteiger partial charge in [0.2, 0.25) is 0 Å². The number of nitro groups is 1. The van der Waals surface area contributed by atoms with E-state index in [1.165, 1.54) is 37.4 Å². The minimum absolute atomic E-state index is 0.0917. The summed E-state index contributed by atoms with van der Waals surface area (Å²) in [5.74, 6) is -1.85. The van der Waals surface area contributed by atoms with Crippen LogP contribution in [0.2, 0.25) is 0 Å². The first-order chi connectivity index (χ1) is 20.5. The highest BCUT2D eigenvalue weighted by Gasteiger charge is 2.27. The fraction of sp³-hybridized carbons (Fsp3) is 0.400. The van der Waals surface area contributed by atoms with Crippen LogP contribution in [0, 0.1) is 10.1 Å². The molecule has 1 atom stereocenters. The average Bonchev–Trinajstić information content (AvgIpc) is 2.98. The predicted octanol–water partition coefficient (Wildman–Crippen LogP) is 2.31. The van der Waals surface area contributed by atoms with Gasteiger partial charge in [-0.3, -0.25) is 24.6 Å². The van der Waals surface area contributed by atoms with Gasteiger partial charge in [0, 0.05) is 48.8 Å². The first-order valence-corrected chi connectivity index (χ1v) is 14.0. The molecule has 228 valence electrons. The molecule has 3 aromatic rings. The Balaban J connectivity index is 1.44. The third kappa shape index (κ3) is 7.36. The molecule has 4 rings (SSSR count). The van der Waals surface area contributed by atoms with Gasteiger partial charge in [-0.25, -0.2) is 4.79 Å². The molecule has 0 bridgehead atoms. The van der Waals surface area contributed by atoms with Crippen molar-refractivity contribution in [2.75, 3.05) is 20.1 Å². The first-order valence-electron chi connectivity index (χ1n) is 14.0. The molecule has 1 unspecified atom stereocenters. The number of carbonyl (C=O) groups is 3. The second kappa shape index (κ2) is 13.5. The van der Waals surface area contributed by atoms with Crippen molar-refractivity contribution in [2.24, 2.45) is 0 Å². The number of hydrogen-bond acceptors (Lipinski definition) is 10. The number of carboxylic acid groups (broad SMARTS) is 1. The van der Waals surface area contributed by atoms with E-state index in [-0.39, 0.29) is 52.3 Å². The van der Waals surface area contributed by atoms with Crippen LogP contribution in [0.4, 0.5) is 5.69 Å². The Hall–Kier alpha value is -4.78. The van der Waals surface area contributed by atoms with Gasteiger partial charge in [0.1, 0.15) is 23.0 Å². The molecule has 0 saturated heterocycles. The number of likely N-dealkylation sites (N-methyl/N-ethyl adjacent to an activating group) is 1. The molecule has 1 saturated carbocycles. The van der Waals surface area contributed by atoms with Crippen molar-refractivity contribution in [2.45, 2.75) is 57.7 Å². The normalized spacial score (nSPS) is 17.3. The summed E-state index contributed by atoms with van der Waals surface area (Å²) in [6, 6.07) is 10.2. The van der Waals surface area contributed by atoms with Gasteiger partial charge in [-0.15, -0.1) is 0 Å². The molecule has 2 amide bonds. The molecule has 1 aromatic heterocycles. The highest BCUT2D eigenvalue weighted by Crippen LogP contribution is 2.31. The number of nitrogens with one attached hydrogen (secondary N) is 2. The van der Waals surface area contributed by atoms with E-state index in [0.717, 1.165) is 0 Å². The van der Waals surface area contributed by atoms with Crippen molar-refractivity contribution >= 4 is 34.4 Å². The molecule has 2 N–H and O–H groups in total. The SMILES string of the molecule is CCN(CC(=O)[O-])C1CCC(NC(=O)c2cc3ccc(OC(C)c4ccc(C(=O)NC)cc4[N+](=O)[O-])cc3oc2=O)CC1. The van der Waals surface area contributed by atoms with Crippen LogP contribution >= 0.6 is 0 Å². The molecule has 0 aliphatic heterocycles. The molecular weight excluding hydrogens is 560 g/mol. The van der Waals surface area contributed by atoms with Crippen LogP contribution in [0.25, 0.3) is 11.0 Å². The van der Waals surface area contributed by atoms with E-state index >= 15 is 0 Å². The second-order valence-electron chi connectivity index (χ2n) is 10.4. The Bertz CT molecular complexity index is 1590. The maximum Gasteiger partial charge on any atom is 0.349 e. The molecule has 1 aliphatic rings. The summed E-state index contributed by atoms with van der Waals surface area (Å²) in [5, 5.41) is 28.5. The molecule has 1 heterocycles. The van der Waals surface area contributed by atoms with Gasteiger partial charge in [-0.2, -0.15) is 0 Å². The van der Waals surface area contributed by atoms with Gasteiger partial charge in [-0.05, 0) is 69.5 Å². The van der Waals surface area contributed by atoms with Gasteiger partial charge >= 0.3 is 5.63 Å². The Morgan fingerprint density at radius 3 is 2.44 bits per heavy atom. The zero-order chi connectivity index (χ0) is 31.3. The van der Waals surface area contributed by atoms with Crippen molar-refractivity contribution in [1.29, 1.82) is 0 Å². The zero-order valence-corrected chi connectivity index (χ0v) is 24.1. The van der Waals surface area contributed by atoms with Crippen molar-refractivity contribution in [3.63, 3.8) is 0 Å². The Morgan fingerprint density at radius 1 is 1.09 bits per heavy atom. The summed E-state index contributed by atoms with van der Waals surface area (Å²) in [6.07, 6.45) is 1.92. The van der Waals surface area contributed by atoms with E-state index in [4.69, 9.17) is 9.15 Å². The maximum absolute atomic E-state index is 13.0. The topological polar surface area (TPSA) is 184 Å². The smallest absolute Gasteiger partial charge is 0.349 e. The lowest BCUT2D eigenvalue weighted by Crippen LogP contribution is -2.47. The minimum atomic E-state index is -1.12. The monoisotopic (exact) mass is 593 g/mol. The lowest BCUT2D eigenvalue weighted by Gasteiger charge is -2.36. The fourth-order valence-electron chi connectivity index (χ4n) is 5.44. The minimum Gasteiger partial charge on any atom is -0.549 e. The van der Waals surface area contributed by atoms with Crippen molar-refractivity contribution < 1.29 is 33.6 Å². The molecule has 1 aliphatic carbocycles. The summed E-state index contributed by atoms with van der Waals surface area (Å²) >= 11 is 0. The van der Waals surface area contributed by atoms with Gasteiger partial charge in [0.05, 0.1) is 16.5 Å². The predicted molar refractivity (Wildman–Crippen MR) is 154 cm³/mol. The Labute approximate surface area is 247 Å². The largest absolute Gasteiger partial charge is 0.549 e. The number of aliphatic carboxylic acids is 1. The summed E-state index contributed by atoms with van der Waals surface area (Å²) < 4.78 is 11.3. The van der Waals surface area contributed by atoms with E-state index < -0.39 is 34.4 Å². The average molecular weight is 594 g/mol. The van der Waals surface area contributed by atoms with Crippen LogP contribution in [0.3, 0.4) is 0 Å². The Kier molecular flexibility index (Phi) is 9.76. The lowest BCUT2D eigenvalue weighted by molar-refractivity contribution is -0.386. The number of carbonyl (C=O) groups excluding carboxylic acids is 3. The molecule has 43 heavy (non-hydrogen) atoms. The number of amides is 2. The first kappa shape index (κ1) is 31.2. The quantitative estimate of drug-likeness (QED) is 0.190. The van der Waals surface area contributed by atoms with Crippen LogP contribution < -0.4 is 26.1 Å². The number of nitrogens with zero attached hydrogens (tertiary/aromatic N) is 2. The van der Waals surface area contributed by atoms with Crippen LogP contribution in [-0.2, 0) is 4.79 Å². The highest BCUT2D eigenvalue weighted by molar-refractivity contribution is 5.97. The van der Waals surface area contributed by atoms with E-state index in [1.54, 1.807) is 19.1 Å². The zero-order valence-electron chi connectivity index (χ0n) is 24.1. The number of ether oxygens (including phenoxy) is 1. The van der Waals surface area contributed by atoms with Crippen molar-refractivity contribution in [3.05, 3.63) is 79.7 Å². The summed E-state index contributed by atoms with van der Waals surface area (Å²) in [7, 11) is 1.43. The van der Waals surface area contributed by atoms with E-state index in [0.29, 0.717) is 37.6 Å². The third-order valence-electron chi connectivity index (χ3n) is 7.71. The second-order valence-corrected chi connectivity index (χ2v) is 10.4. The van der Waals surface area contributed by atoms with Crippen LogP contribution in [0.5, 0.6) is 5.75 Å². The molecule has 2 aromatic carbocycles. The van der Waals surface area contributed by atoms with E-state index in [9.17, 15) is 34.4 Å². The van der Waals surface area contributed by atoms with Crippen molar-refractivity contribution in [3.8, 4) is 5.75 Å². The molecule has 1 fully saturated rings. The highest BCUT2D eigenvalue weighted by atomic mass is 16.6. The van der Waals surface area contributed by atoms with Crippen LogP contribution in [0.1, 0.15) is 71.9 Å². The molecule has 13 nitrogen and oxygen atoms in total. The molecule has 13 heteroatoms. The number of rotatable bonds is 11. The third-order valence-corrected chi connectivity index (χ3v) is 7.71. The van der Waals surface area contributed by atoms with Crippen LogP contribution in [0.15, 0.2) is 51.7 Å². The molecular formula is C30H33N4O9-. The van der Waals surface area contributed by atoms with Gasteiger partial charge < -0.3 is 29.7 Å². The van der Waals surface area contributed by atoms with Crippen molar-refractivity contribution in [1.82, 2.24) is 15.5 Å². The number of fused-ring (bicyclic) bond motifs is 1. The van der Waals surface area contributed by atoms with Gasteiger partial charge in [0.15, 0.2) is 0 Å². The number of carboxylic acids is 1. The summed E-state index contributed by atoms with van der Waals surface area (Å²) in [4.78, 5) is 61.6. The van der Waals surface area contributed by atoms with Gasteiger partial charge in [-0.1, -0.05) is 6.92 Å².